The minimum atomic E-state index is -0.811. The van der Waals surface area contributed by atoms with Gasteiger partial charge >= 0.3 is 0 Å². The summed E-state index contributed by atoms with van der Waals surface area (Å²) < 4.78 is 6.21. The second-order valence-electron chi connectivity index (χ2n) is 13.4. The van der Waals surface area contributed by atoms with Crippen LogP contribution in [0.4, 0.5) is 0 Å². The van der Waals surface area contributed by atoms with Crippen molar-refractivity contribution in [3.8, 4) is 11.5 Å². The van der Waals surface area contributed by atoms with E-state index in [-0.39, 0.29) is 5.41 Å². The zero-order valence-corrected chi connectivity index (χ0v) is 22.8. The van der Waals surface area contributed by atoms with Crippen molar-refractivity contribution in [3.05, 3.63) is 71.8 Å². The normalized spacial score (nSPS) is 39.4. The number of aliphatic hydroxyl groups is 1. The molecule has 4 nitrogen and oxygen atoms in total. The highest BCUT2D eigenvalue weighted by molar-refractivity contribution is 5.44. The molecule has 2 bridgehead atoms. The van der Waals surface area contributed by atoms with Crippen LogP contribution < -0.4 is 4.74 Å². The van der Waals surface area contributed by atoms with E-state index in [1.807, 2.05) is 18.2 Å². The summed E-state index contributed by atoms with van der Waals surface area (Å²) in [5, 5.41) is 21.9. The summed E-state index contributed by atoms with van der Waals surface area (Å²) in [4.78, 5) is 2.63. The van der Waals surface area contributed by atoms with Gasteiger partial charge in [0.05, 0.1) is 5.60 Å². The quantitative estimate of drug-likeness (QED) is 0.438. The molecular formula is C34H43NO3. The van der Waals surface area contributed by atoms with Crippen LogP contribution in [0.25, 0.3) is 0 Å². The Hall–Kier alpha value is -2.30. The molecular weight excluding hydrogens is 470 g/mol. The van der Waals surface area contributed by atoms with E-state index in [2.05, 4.69) is 48.7 Å². The lowest BCUT2D eigenvalue weighted by molar-refractivity contribution is -0.0777. The average Bonchev–Trinajstić information content (AvgIpc) is 3.62. The van der Waals surface area contributed by atoms with Crippen molar-refractivity contribution in [1.82, 2.24) is 4.90 Å². The molecule has 2 aromatic rings. The molecule has 0 aromatic heterocycles. The van der Waals surface area contributed by atoms with E-state index >= 15 is 0 Å². The first kappa shape index (κ1) is 24.7. The molecule has 4 aliphatic carbocycles. The van der Waals surface area contributed by atoms with Gasteiger partial charge in [-0.1, -0.05) is 31.2 Å². The second kappa shape index (κ2) is 9.13. The van der Waals surface area contributed by atoms with Crippen LogP contribution >= 0.6 is 0 Å². The van der Waals surface area contributed by atoms with E-state index < -0.39 is 5.60 Å². The first-order chi connectivity index (χ1) is 18.4. The number of phenolic OH excluding ortho intramolecular Hbond substituents is 1. The smallest absolute Gasteiger partial charge is 0.119 e. The third kappa shape index (κ3) is 3.78. The van der Waals surface area contributed by atoms with Gasteiger partial charge in [0.1, 0.15) is 18.1 Å². The summed E-state index contributed by atoms with van der Waals surface area (Å²) in [6.45, 7) is 9.44. The fourth-order valence-electron chi connectivity index (χ4n) is 9.79. The molecule has 202 valence electrons. The van der Waals surface area contributed by atoms with Gasteiger partial charge in [-0.15, -0.1) is 6.58 Å². The molecule has 1 heterocycles. The Morgan fingerprint density at radius 3 is 2.68 bits per heavy atom. The first-order valence-corrected chi connectivity index (χ1v) is 15.0. The Balaban J connectivity index is 1.15. The molecule has 3 saturated carbocycles. The number of benzene rings is 2. The summed E-state index contributed by atoms with van der Waals surface area (Å²) in [6, 6.07) is 15.7. The van der Waals surface area contributed by atoms with Gasteiger partial charge < -0.3 is 14.9 Å². The maximum Gasteiger partial charge on any atom is 0.119 e. The topological polar surface area (TPSA) is 52.9 Å². The number of hydrogen-bond donors (Lipinski definition) is 2. The van der Waals surface area contributed by atoms with Crippen LogP contribution in [0, 0.1) is 23.2 Å². The Morgan fingerprint density at radius 1 is 1.11 bits per heavy atom. The van der Waals surface area contributed by atoms with E-state index in [0.29, 0.717) is 29.4 Å². The van der Waals surface area contributed by atoms with Crippen molar-refractivity contribution in [2.45, 2.75) is 81.8 Å². The standard InChI is InChI=1S/C34H43NO3/c1-3-34(37)15-14-31-29-12-7-24-19-26(36)9-13-28(24)32(29)30(20-33(31,34)2)23-5-10-27(11-6-23)38-17-16-35-21-22-4-8-25(35)18-22/h3,5-6,9-11,13,19,22,25,29-32,36-37H,1,4,7-8,12,14-18,20-21H2,2H3/t22-,25+,29+,30-,31+,32-,33+,34+/m1/s1. The summed E-state index contributed by atoms with van der Waals surface area (Å²) in [5.41, 5.74) is 3.05. The first-order valence-electron chi connectivity index (χ1n) is 15.0. The van der Waals surface area contributed by atoms with E-state index in [0.717, 1.165) is 63.0 Å². The zero-order valence-electron chi connectivity index (χ0n) is 22.8. The molecule has 5 aliphatic rings. The molecule has 38 heavy (non-hydrogen) atoms. The van der Waals surface area contributed by atoms with Gasteiger partial charge in [-0.2, -0.15) is 0 Å². The number of fused-ring (bicyclic) bond motifs is 7. The van der Waals surface area contributed by atoms with Crippen LogP contribution in [0.15, 0.2) is 55.1 Å². The molecule has 4 heteroatoms. The van der Waals surface area contributed by atoms with E-state index in [4.69, 9.17) is 4.74 Å². The molecule has 1 aliphatic heterocycles. The van der Waals surface area contributed by atoms with E-state index in [9.17, 15) is 10.2 Å². The lowest BCUT2D eigenvalue weighted by atomic mass is 9.49. The lowest BCUT2D eigenvalue weighted by Crippen LogP contribution is -2.52. The number of aryl methyl sites for hydroxylation is 1. The molecule has 7 rings (SSSR count). The van der Waals surface area contributed by atoms with Crippen LogP contribution in [-0.4, -0.2) is 46.5 Å². The monoisotopic (exact) mass is 513 g/mol. The third-order valence-electron chi connectivity index (χ3n) is 11.7. The average molecular weight is 514 g/mol. The molecule has 0 spiro atoms. The van der Waals surface area contributed by atoms with E-state index in [1.54, 1.807) is 0 Å². The van der Waals surface area contributed by atoms with Gasteiger partial charge in [-0.05, 0) is 122 Å². The summed E-state index contributed by atoms with van der Waals surface area (Å²) >= 11 is 0. The number of ether oxygens (including phenoxy) is 1. The lowest BCUT2D eigenvalue weighted by Gasteiger charge is -2.56. The summed E-state index contributed by atoms with van der Waals surface area (Å²) in [5.74, 6) is 3.96. The fourth-order valence-corrected chi connectivity index (χ4v) is 9.79. The number of nitrogens with zero attached hydrogens (tertiary/aromatic N) is 1. The van der Waals surface area contributed by atoms with Crippen molar-refractivity contribution in [2.24, 2.45) is 23.2 Å². The van der Waals surface area contributed by atoms with Crippen LogP contribution in [0.2, 0.25) is 0 Å². The predicted molar refractivity (Wildman–Crippen MR) is 151 cm³/mol. The maximum absolute atomic E-state index is 11.7. The highest BCUT2D eigenvalue weighted by Gasteiger charge is 2.62. The second-order valence-corrected chi connectivity index (χ2v) is 13.4. The molecule has 2 aromatic carbocycles. The van der Waals surface area contributed by atoms with Crippen molar-refractivity contribution in [1.29, 1.82) is 0 Å². The largest absolute Gasteiger partial charge is 0.508 e. The van der Waals surface area contributed by atoms with Gasteiger partial charge in [-0.25, -0.2) is 0 Å². The van der Waals surface area contributed by atoms with Crippen LogP contribution in [0.1, 0.15) is 80.4 Å². The van der Waals surface area contributed by atoms with Crippen molar-refractivity contribution < 1.29 is 14.9 Å². The molecule has 2 N–H and O–H groups in total. The predicted octanol–water partition coefficient (Wildman–Crippen LogP) is 6.42. The van der Waals surface area contributed by atoms with Crippen LogP contribution in [0.3, 0.4) is 0 Å². The number of rotatable bonds is 6. The fraction of sp³-hybridized carbons (Fsp3) is 0.588. The molecule has 1 saturated heterocycles. The zero-order chi connectivity index (χ0) is 26.1. The number of likely N-dealkylation sites (tertiary alicyclic amines) is 1. The maximum atomic E-state index is 11.7. The van der Waals surface area contributed by atoms with Gasteiger partial charge in [0, 0.05) is 24.5 Å². The third-order valence-corrected chi connectivity index (χ3v) is 11.7. The van der Waals surface area contributed by atoms with Crippen molar-refractivity contribution >= 4 is 0 Å². The van der Waals surface area contributed by atoms with Gasteiger partial charge in [0.2, 0.25) is 0 Å². The Bertz CT molecular complexity index is 1210. The number of aromatic hydroxyl groups is 1. The Kier molecular flexibility index (Phi) is 5.94. The number of piperidine rings is 1. The molecule has 8 atom stereocenters. The SMILES string of the molecule is C=C[C@]1(O)CC[C@H]2[C@@H]3CCc4cc(O)ccc4[C@H]3[C@@H](c3ccc(OCCN4C[C@@H]5CC[C@H]4C5)cc3)C[C@@]21C. The highest BCUT2D eigenvalue weighted by Crippen LogP contribution is 2.68. The minimum absolute atomic E-state index is 0.181. The van der Waals surface area contributed by atoms with Crippen LogP contribution in [-0.2, 0) is 6.42 Å². The molecule has 0 amide bonds. The number of hydrogen-bond acceptors (Lipinski definition) is 4. The molecule has 0 radical (unpaired) electrons. The Morgan fingerprint density at radius 2 is 1.95 bits per heavy atom. The molecule has 4 fully saturated rings. The van der Waals surface area contributed by atoms with Crippen molar-refractivity contribution in [2.75, 3.05) is 19.7 Å². The van der Waals surface area contributed by atoms with Crippen molar-refractivity contribution in [3.63, 3.8) is 0 Å². The van der Waals surface area contributed by atoms with Gasteiger partial charge in [0.15, 0.2) is 0 Å². The number of phenols is 1. The van der Waals surface area contributed by atoms with Gasteiger partial charge in [-0.3, -0.25) is 4.90 Å². The minimum Gasteiger partial charge on any atom is -0.508 e. The molecule has 0 unspecified atom stereocenters. The summed E-state index contributed by atoms with van der Waals surface area (Å²) in [7, 11) is 0. The summed E-state index contributed by atoms with van der Waals surface area (Å²) in [6.07, 6.45) is 10.9. The highest BCUT2D eigenvalue weighted by atomic mass is 16.5. The van der Waals surface area contributed by atoms with Gasteiger partial charge in [0.25, 0.3) is 0 Å². The Labute approximate surface area is 227 Å². The van der Waals surface area contributed by atoms with Crippen LogP contribution in [0.5, 0.6) is 11.5 Å². The van der Waals surface area contributed by atoms with E-state index in [1.165, 1.54) is 42.5 Å².